The molecule has 6 nitrogen and oxygen atoms in total. The van der Waals surface area contributed by atoms with Gasteiger partial charge in [0.2, 0.25) is 11.6 Å². The van der Waals surface area contributed by atoms with E-state index < -0.39 is 4.92 Å². The number of aromatic nitrogens is 2. The zero-order valence-corrected chi connectivity index (χ0v) is 13.4. The molecule has 0 aliphatic carbocycles. The van der Waals surface area contributed by atoms with E-state index in [-0.39, 0.29) is 32.5 Å². The van der Waals surface area contributed by atoms with E-state index in [1.54, 1.807) is 6.26 Å². The molecule has 10 heteroatoms. The minimum atomic E-state index is -0.629. The zero-order chi connectivity index (χ0) is 15.6. The number of ether oxygens (including phenoxy) is 1. The molecule has 0 saturated carbocycles. The van der Waals surface area contributed by atoms with Gasteiger partial charge in [0.25, 0.3) is 0 Å². The lowest BCUT2D eigenvalue weighted by molar-refractivity contribution is -0.385. The van der Waals surface area contributed by atoms with Crippen LogP contribution in [0.1, 0.15) is 0 Å². The SMILES string of the molecule is CSc1nc(Cl)cc(Oc2cc(Cl)c(Cl)cc2[N+](=O)[O-])n1. The molecule has 0 fully saturated rings. The molecule has 0 unspecified atom stereocenters. The molecule has 21 heavy (non-hydrogen) atoms. The second-order valence-corrected chi connectivity index (χ2v) is 5.58. The smallest absolute Gasteiger partial charge is 0.313 e. The van der Waals surface area contributed by atoms with E-state index in [9.17, 15) is 10.1 Å². The number of thioether (sulfide) groups is 1. The molecule has 0 aliphatic heterocycles. The summed E-state index contributed by atoms with van der Waals surface area (Å²) in [5, 5.41) is 11.7. The third-order valence-electron chi connectivity index (χ3n) is 2.25. The highest BCUT2D eigenvalue weighted by molar-refractivity contribution is 7.98. The van der Waals surface area contributed by atoms with Crippen molar-refractivity contribution in [3.63, 3.8) is 0 Å². The molecule has 1 aromatic carbocycles. The van der Waals surface area contributed by atoms with Gasteiger partial charge in [-0.1, -0.05) is 46.6 Å². The summed E-state index contributed by atoms with van der Waals surface area (Å²) in [4.78, 5) is 18.4. The third-order valence-corrected chi connectivity index (χ3v) is 3.71. The fourth-order valence-electron chi connectivity index (χ4n) is 1.38. The van der Waals surface area contributed by atoms with Gasteiger partial charge in [-0.25, -0.2) is 4.98 Å². The van der Waals surface area contributed by atoms with Crippen LogP contribution >= 0.6 is 46.6 Å². The molecule has 2 rings (SSSR count). The molecule has 0 atom stereocenters. The van der Waals surface area contributed by atoms with Gasteiger partial charge in [0, 0.05) is 18.2 Å². The maximum absolute atomic E-state index is 11.0. The maximum Gasteiger partial charge on any atom is 0.313 e. The van der Waals surface area contributed by atoms with Crippen molar-refractivity contribution in [2.45, 2.75) is 5.16 Å². The Morgan fingerprint density at radius 2 is 1.86 bits per heavy atom. The summed E-state index contributed by atoms with van der Waals surface area (Å²) in [5.74, 6) is -0.0166. The molecule has 2 aromatic rings. The molecule has 1 heterocycles. The summed E-state index contributed by atoms with van der Waals surface area (Å²) in [6.07, 6.45) is 1.76. The largest absolute Gasteiger partial charge is 0.432 e. The predicted molar refractivity (Wildman–Crippen MR) is 82.0 cm³/mol. The van der Waals surface area contributed by atoms with Gasteiger partial charge in [0.1, 0.15) is 5.15 Å². The van der Waals surface area contributed by atoms with Crippen LogP contribution in [0.15, 0.2) is 23.4 Å². The van der Waals surface area contributed by atoms with E-state index >= 15 is 0 Å². The fraction of sp³-hybridized carbons (Fsp3) is 0.0909. The Morgan fingerprint density at radius 3 is 2.48 bits per heavy atom. The molecule has 0 amide bonds. The minimum Gasteiger partial charge on any atom is -0.432 e. The van der Waals surface area contributed by atoms with Crippen LogP contribution in [-0.2, 0) is 0 Å². The van der Waals surface area contributed by atoms with Crippen LogP contribution in [0.3, 0.4) is 0 Å². The quantitative estimate of drug-likeness (QED) is 0.253. The second-order valence-electron chi connectivity index (χ2n) is 3.61. The Bertz CT molecular complexity index is 715. The van der Waals surface area contributed by atoms with Crippen LogP contribution in [0.4, 0.5) is 5.69 Å². The first-order valence-electron chi connectivity index (χ1n) is 5.30. The highest BCUT2D eigenvalue weighted by Crippen LogP contribution is 2.38. The number of hydrogen-bond acceptors (Lipinski definition) is 6. The van der Waals surface area contributed by atoms with Gasteiger partial charge in [-0.3, -0.25) is 10.1 Å². The number of nitro benzene ring substituents is 1. The van der Waals surface area contributed by atoms with Gasteiger partial charge in [-0.15, -0.1) is 0 Å². The van der Waals surface area contributed by atoms with Gasteiger partial charge in [0.05, 0.1) is 15.0 Å². The maximum atomic E-state index is 11.0. The van der Waals surface area contributed by atoms with Crippen molar-refractivity contribution >= 4 is 52.3 Å². The first kappa shape index (κ1) is 16.1. The van der Waals surface area contributed by atoms with Gasteiger partial charge < -0.3 is 4.74 Å². The lowest BCUT2D eigenvalue weighted by Crippen LogP contribution is -1.97. The third kappa shape index (κ3) is 3.88. The predicted octanol–water partition coefficient (Wildman–Crippen LogP) is 4.86. The Hall–Kier alpha value is -1.28. The molecule has 0 aliphatic rings. The van der Waals surface area contributed by atoms with Crippen LogP contribution in [0.5, 0.6) is 11.6 Å². The zero-order valence-electron chi connectivity index (χ0n) is 10.3. The average Bonchev–Trinajstić information content (AvgIpc) is 2.41. The normalized spacial score (nSPS) is 10.5. The van der Waals surface area contributed by atoms with Crippen LogP contribution in [0.25, 0.3) is 0 Å². The molecule has 0 saturated heterocycles. The molecule has 110 valence electrons. The van der Waals surface area contributed by atoms with Gasteiger partial charge >= 0.3 is 5.69 Å². The lowest BCUT2D eigenvalue weighted by Gasteiger charge is -2.07. The fourth-order valence-corrected chi connectivity index (χ4v) is 2.28. The number of nitro groups is 1. The highest BCUT2D eigenvalue weighted by atomic mass is 35.5. The van der Waals surface area contributed by atoms with Crippen molar-refractivity contribution < 1.29 is 9.66 Å². The molecule has 0 N–H and O–H groups in total. The summed E-state index contributed by atoms with van der Waals surface area (Å²) < 4.78 is 5.40. The van der Waals surface area contributed by atoms with Gasteiger partial charge in [-0.05, 0) is 6.26 Å². The summed E-state index contributed by atoms with van der Waals surface area (Å²) in [6, 6.07) is 3.70. The molecular formula is C11H6Cl3N3O3S. The van der Waals surface area contributed by atoms with E-state index in [0.29, 0.717) is 5.16 Å². The first-order valence-corrected chi connectivity index (χ1v) is 7.66. The number of rotatable bonds is 4. The van der Waals surface area contributed by atoms with Crippen LogP contribution < -0.4 is 4.74 Å². The number of halogens is 3. The lowest BCUT2D eigenvalue weighted by atomic mass is 10.3. The average molecular weight is 367 g/mol. The van der Waals surface area contributed by atoms with E-state index in [1.807, 2.05) is 0 Å². The van der Waals surface area contributed by atoms with Crippen molar-refractivity contribution in [2.75, 3.05) is 6.26 Å². The molecule has 0 bridgehead atoms. The van der Waals surface area contributed by atoms with Crippen molar-refractivity contribution in [3.05, 3.63) is 43.5 Å². The van der Waals surface area contributed by atoms with Crippen LogP contribution in [0.2, 0.25) is 15.2 Å². The summed E-state index contributed by atoms with van der Waals surface area (Å²) >= 11 is 18.7. The summed E-state index contributed by atoms with van der Waals surface area (Å²) in [7, 11) is 0. The molecule has 1 aromatic heterocycles. The van der Waals surface area contributed by atoms with E-state index in [0.717, 1.165) is 6.07 Å². The monoisotopic (exact) mass is 365 g/mol. The summed E-state index contributed by atoms with van der Waals surface area (Å²) in [6.45, 7) is 0. The van der Waals surface area contributed by atoms with E-state index in [1.165, 1.54) is 23.9 Å². The topological polar surface area (TPSA) is 78.2 Å². The Morgan fingerprint density at radius 1 is 1.19 bits per heavy atom. The van der Waals surface area contributed by atoms with Crippen molar-refractivity contribution in [3.8, 4) is 11.6 Å². The Labute approximate surface area is 138 Å². The summed E-state index contributed by atoms with van der Waals surface area (Å²) in [5.41, 5.74) is -0.329. The Balaban J connectivity index is 2.46. The van der Waals surface area contributed by atoms with Gasteiger partial charge in [0.15, 0.2) is 5.16 Å². The second kappa shape index (κ2) is 6.65. The Kier molecular flexibility index (Phi) is 5.10. The van der Waals surface area contributed by atoms with Crippen molar-refractivity contribution in [1.29, 1.82) is 0 Å². The first-order chi connectivity index (χ1) is 9.90. The van der Waals surface area contributed by atoms with E-state index in [4.69, 9.17) is 39.5 Å². The minimum absolute atomic E-state index is 0.0567. The number of nitrogens with zero attached hydrogens (tertiary/aromatic N) is 3. The molecule has 0 spiro atoms. The highest BCUT2D eigenvalue weighted by Gasteiger charge is 2.20. The van der Waals surface area contributed by atoms with Crippen molar-refractivity contribution in [1.82, 2.24) is 9.97 Å². The number of benzene rings is 1. The molecular weight excluding hydrogens is 361 g/mol. The van der Waals surface area contributed by atoms with Gasteiger partial charge in [-0.2, -0.15) is 4.98 Å². The van der Waals surface area contributed by atoms with Crippen molar-refractivity contribution in [2.24, 2.45) is 0 Å². The van der Waals surface area contributed by atoms with Crippen LogP contribution in [-0.4, -0.2) is 21.1 Å². The molecule has 0 radical (unpaired) electrons. The number of hydrogen-bond donors (Lipinski definition) is 0. The standard InChI is InChI=1S/C11H6Cl3N3O3S/c1-21-11-15-9(14)4-10(16-11)20-8-3-6(13)5(12)2-7(8)17(18)19/h2-4H,1H3. The van der Waals surface area contributed by atoms with E-state index in [2.05, 4.69) is 9.97 Å². The van der Waals surface area contributed by atoms with Crippen LogP contribution in [0, 0.1) is 10.1 Å².